The number of benzene rings is 1. The van der Waals surface area contributed by atoms with Crippen LogP contribution in [0.3, 0.4) is 0 Å². The molecule has 0 heterocycles. The molecule has 0 aromatic heterocycles. The molecule has 0 amide bonds. The van der Waals surface area contributed by atoms with Crippen LogP contribution in [-0.4, -0.2) is 11.1 Å². The number of halogens is 2. The van der Waals surface area contributed by atoms with E-state index in [4.69, 9.17) is 11.6 Å². The number of carbonyl (C=O) groups is 1. The van der Waals surface area contributed by atoms with Crippen molar-refractivity contribution < 1.29 is 14.3 Å². The van der Waals surface area contributed by atoms with Crippen molar-refractivity contribution in [2.45, 2.75) is 31.6 Å². The van der Waals surface area contributed by atoms with Crippen molar-refractivity contribution in [1.82, 2.24) is 0 Å². The highest BCUT2D eigenvalue weighted by Crippen LogP contribution is 2.47. The second-order valence-corrected chi connectivity index (χ2v) is 4.68. The molecule has 1 N–H and O–H groups in total. The highest BCUT2D eigenvalue weighted by Gasteiger charge is 2.47. The van der Waals surface area contributed by atoms with E-state index in [1.54, 1.807) is 19.1 Å². The van der Waals surface area contributed by atoms with Gasteiger partial charge in [0.2, 0.25) is 0 Å². The van der Waals surface area contributed by atoms with Crippen LogP contribution in [0, 0.1) is 12.7 Å². The summed E-state index contributed by atoms with van der Waals surface area (Å²) >= 11 is 5.90. The molecular formula is C12H12ClFO2. The first-order valence-corrected chi connectivity index (χ1v) is 5.55. The fourth-order valence-electron chi connectivity index (χ4n) is 2.14. The molecule has 0 radical (unpaired) electrons. The molecule has 1 aliphatic rings. The Kier molecular flexibility index (Phi) is 2.66. The van der Waals surface area contributed by atoms with Crippen LogP contribution in [0.4, 0.5) is 4.39 Å². The third kappa shape index (κ3) is 1.42. The Morgan fingerprint density at radius 3 is 2.56 bits per heavy atom. The van der Waals surface area contributed by atoms with Crippen molar-refractivity contribution in [1.29, 1.82) is 0 Å². The summed E-state index contributed by atoms with van der Waals surface area (Å²) in [6, 6.07) is 3.22. The largest absolute Gasteiger partial charge is 0.481 e. The zero-order valence-corrected chi connectivity index (χ0v) is 9.64. The molecule has 1 aliphatic carbocycles. The van der Waals surface area contributed by atoms with E-state index in [2.05, 4.69) is 0 Å². The maximum Gasteiger partial charge on any atom is 0.314 e. The van der Waals surface area contributed by atoms with Crippen LogP contribution in [0.25, 0.3) is 0 Å². The molecule has 4 heteroatoms. The number of rotatable bonds is 2. The number of carboxylic acids is 1. The lowest BCUT2D eigenvalue weighted by molar-refractivity contribution is -0.147. The van der Waals surface area contributed by atoms with E-state index in [-0.39, 0.29) is 5.02 Å². The van der Waals surface area contributed by atoms with E-state index in [0.717, 1.165) is 6.42 Å². The lowest BCUT2D eigenvalue weighted by Crippen LogP contribution is -2.42. The lowest BCUT2D eigenvalue weighted by Gasteiger charge is -2.38. The van der Waals surface area contributed by atoms with Gasteiger partial charge in [0, 0.05) is 0 Å². The van der Waals surface area contributed by atoms with Crippen LogP contribution in [0.2, 0.25) is 5.02 Å². The van der Waals surface area contributed by atoms with E-state index in [0.29, 0.717) is 24.0 Å². The van der Waals surface area contributed by atoms with Gasteiger partial charge in [-0.3, -0.25) is 4.79 Å². The SMILES string of the molecule is Cc1ccc(C2(C(=O)O)CCC2)c(Cl)c1F. The van der Waals surface area contributed by atoms with E-state index in [1.165, 1.54) is 0 Å². The number of carboxylic acid groups (broad SMARTS) is 1. The Morgan fingerprint density at radius 2 is 2.12 bits per heavy atom. The Morgan fingerprint density at radius 1 is 1.50 bits per heavy atom. The summed E-state index contributed by atoms with van der Waals surface area (Å²) in [5, 5.41) is 9.20. The van der Waals surface area contributed by atoms with Crippen molar-refractivity contribution in [2.24, 2.45) is 0 Å². The molecule has 0 bridgehead atoms. The van der Waals surface area contributed by atoms with Gasteiger partial charge >= 0.3 is 5.97 Å². The Labute approximate surface area is 98.0 Å². The molecule has 16 heavy (non-hydrogen) atoms. The van der Waals surface area contributed by atoms with Gasteiger partial charge in [0.1, 0.15) is 5.82 Å². The molecule has 0 saturated heterocycles. The number of hydrogen-bond donors (Lipinski definition) is 1. The van der Waals surface area contributed by atoms with Crippen molar-refractivity contribution >= 4 is 17.6 Å². The van der Waals surface area contributed by atoms with Crippen LogP contribution in [0.15, 0.2) is 12.1 Å². The summed E-state index contributed by atoms with van der Waals surface area (Å²) in [6.07, 6.45) is 1.91. The Balaban J connectivity index is 2.56. The molecule has 0 unspecified atom stereocenters. The number of aliphatic carboxylic acids is 1. The Bertz CT molecular complexity index is 453. The standard InChI is InChI=1S/C12H12ClFO2/c1-7-3-4-8(9(13)10(7)14)12(11(15)16)5-2-6-12/h3-4H,2,5-6H2,1H3,(H,15,16). The number of hydrogen-bond acceptors (Lipinski definition) is 1. The van der Waals surface area contributed by atoms with Crippen LogP contribution < -0.4 is 0 Å². The van der Waals surface area contributed by atoms with Gasteiger partial charge in [0.15, 0.2) is 0 Å². The van der Waals surface area contributed by atoms with Gasteiger partial charge in [-0.25, -0.2) is 4.39 Å². The summed E-state index contributed by atoms with van der Waals surface area (Å²) in [4.78, 5) is 11.3. The molecule has 1 aromatic carbocycles. The molecule has 86 valence electrons. The Hall–Kier alpha value is -1.09. The molecule has 1 fully saturated rings. The first kappa shape index (κ1) is 11.4. The minimum Gasteiger partial charge on any atom is -0.481 e. The maximum atomic E-state index is 13.6. The molecule has 2 nitrogen and oxygen atoms in total. The summed E-state index contributed by atoms with van der Waals surface area (Å²) in [5.41, 5.74) is -0.115. The highest BCUT2D eigenvalue weighted by atomic mass is 35.5. The first-order chi connectivity index (χ1) is 7.49. The van der Waals surface area contributed by atoms with Crippen LogP contribution in [-0.2, 0) is 10.2 Å². The first-order valence-electron chi connectivity index (χ1n) is 5.17. The van der Waals surface area contributed by atoms with Crippen LogP contribution in [0.1, 0.15) is 30.4 Å². The van der Waals surface area contributed by atoms with Crippen LogP contribution >= 0.6 is 11.6 Å². The van der Waals surface area contributed by atoms with E-state index >= 15 is 0 Å². The summed E-state index contributed by atoms with van der Waals surface area (Å²) in [5.74, 6) is -1.42. The van der Waals surface area contributed by atoms with Gasteiger partial charge in [0.05, 0.1) is 10.4 Å². The van der Waals surface area contributed by atoms with Gasteiger partial charge in [-0.15, -0.1) is 0 Å². The zero-order valence-electron chi connectivity index (χ0n) is 8.89. The monoisotopic (exact) mass is 242 g/mol. The van der Waals surface area contributed by atoms with E-state index in [9.17, 15) is 14.3 Å². The van der Waals surface area contributed by atoms with Gasteiger partial charge in [-0.2, -0.15) is 0 Å². The molecular weight excluding hydrogens is 231 g/mol. The lowest BCUT2D eigenvalue weighted by atomic mass is 9.64. The molecule has 0 aliphatic heterocycles. The second-order valence-electron chi connectivity index (χ2n) is 4.30. The summed E-state index contributed by atoms with van der Waals surface area (Å²) < 4.78 is 13.6. The van der Waals surface area contributed by atoms with Gasteiger partial charge < -0.3 is 5.11 Å². The fourth-order valence-corrected chi connectivity index (χ4v) is 2.54. The second kappa shape index (κ2) is 3.74. The molecule has 1 aromatic rings. The minimum atomic E-state index is -0.967. The summed E-state index contributed by atoms with van der Waals surface area (Å²) in [7, 11) is 0. The predicted molar refractivity (Wildman–Crippen MR) is 59.3 cm³/mol. The predicted octanol–water partition coefficient (Wildman–Crippen LogP) is 3.29. The summed E-state index contributed by atoms with van der Waals surface area (Å²) in [6.45, 7) is 1.61. The van der Waals surface area contributed by atoms with Crippen molar-refractivity contribution in [2.75, 3.05) is 0 Å². The van der Waals surface area contributed by atoms with Crippen LogP contribution in [0.5, 0.6) is 0 Å². The zero-order chi connectivity index (χ0) is 11.9. The smallest absolute Gasteiger partial charge is 0.314 e. The van der Waals surface area contributed by atoms with Crippen molar-refractivity contribution in [3.8, 4) is 0 Å². The molecule has 0 spiro atoms. The minimum absolute atomic E-state index is 0.0397. The maximum absolute atomic E-state index is 13.6. The van der Waals surface area contributed by atoms with Gasteiger partial charge in [0.25, 0.3) is 0 Å². The van der Waals surface area contributed by atoms with Gasteiger partial charge in [-0.1, -0.05) is 30.2 Å². The third-order valence-electron chi connectivity index (χ3n) is 3.41. The average Bonchev–Trinajstić information content (AvgIpc) is 2.16. The topological polar surface area (TPSA) is 37.3 Å². The van der Waals surface area contributed by atoms with E-state index < -0.39 is 17.2 Å². The highest BCUT2D eigenvalue weighted by molar-refractivity contribution is 6.32. The normalized spacial score (nSPS) is 17.9. The van der Waals surface area contributed by atoms with Crippen molar-refractivity contribution in [3.05, 3.63) is 34.1 Å². The third-order valence-corrected chi connectivity index (χ3v) is 3.78. The van der Waals surface area contributed by atoms with Crippen molar-refractivity contribution in [3.63, 3.8) is 0 Å². The molecule has 2 rings (SSSR count). The number of aryl methyl sites for hydroxylation is 1. The van der Waals surface area contributed by atoms with Gasteiger partial charge in [-0.05, 0) is 30.9 Å². The molecule has 1 saturated carbocycles. The van der Waals surface area contributed by atoms with E-state index in [1.807, 2.05) is 0 Å². The molecule has 0 atom stereocenters. The quantitative estimate of drug-likeness (QED) is 0.864. The fraction of sp³-hybridized carbons (Fsp3) is 0.417. The average molecular weight is 243 g/mol.